The molecule has 0 bridgehead atoms. The Hall–Kier alpha value is -2.93. The second kappa shape index (κ2) is 10.9. The number of piperazine rings is 1. The highest BCUT2D eigenvalue weighted by atomic mass is 16.2. The highest BCUT2D eigenvalue weighted by Gasteiger charge is 2.24. The van der Waals surface area contributed by atoms with E-state index in [-0.39, 0.29) is 11.8 Å². The normalized spacial score (nSPS) is 13.7. The second-order valence-electron chi connectivity index (χ2n) is 7.89. The van der Waals surface area contributed by atoms with Crippen LogP contribution in [0.25, 0.3) is 0 Å². The molecule has 166 valence electrons. The van der Waals surface area contributed by atoms with E-state index in [0.29, 0.717) is 35.7 Å². The Morgan fingerprint density at radius 3 is 2.42 bits per heavy atom. The number of benzene rings is 1. The van der Waals surface area contributed by atoms with Crippen molar-refractivity contribution in [3.63, 3.8) is 0 Å². The third-order valence-corrected chi connectivity index (χ3v) is 5.44. The summed E-state index contributed by atoms with van der Waals surface area (Å²) < 4.78 is 0. The van der Waals surface area contributed by atoms with Crippen LogP contribution in [0.2, 0.25) is 0 Å². The summed E-state index contributed by atoms with van der Waals surface area (Å²) in [4.78, 5) is 34.9. The Morgan fingerprint density at radius 2 is 1.77 bits per heavy atom. The zero-order valence-corrected chi connectivity index (χ0v) is 18.8. The molecule has 7 nitrogen and oxygen atoms in total. The number of nitrogens with zero attached hydrogens (tertiary/aromatic N) is 3. The topological polar surface area (TPSA) is 77.6 Å². The quantitative estimate of drug-likeness (QED) is 0.681. The van der Waals surface area contributed by atoms with Gasteiger partial charge < -0.3 is 20.4 Å². The van der Waals surface area contributed by atoms with Gasteiger partial charge in [0.1, 0.15) is 5.82 Å². The summed E-state index contributed by atoms with van der Waals surface area (Å²) in [6, 6.07) is 9.23. The van der Waals surface area contributed by atoms with Crippen LogP contribution in [0.4, 0.5) is 11.5 Å². The molecule has 0 atom stereocenters. The van der Waals surface area contributed by atoms with E-state index in [2.05, 4.69) is 34.4 Å². The number of amides is 2. The molecule has 2 aromatic rings. The maximum atomic E-state index is 13.5. The van der Waals surface area contributed by atoms with E-state index in [1.54, 1.807) is 18.3 Å². The summed E-state index contributed by atoms with van der Waals surface area (Å²) in [5, 5.41) is 6.26. The molecule has 1 saturated heterocycles. The number of pyridine rings is 1. The average molecular weight is 424 g/mol. The molecule has 0 aliphatic carbocycles. The first-order valence-electron chi connectivity index (χ1n) is 11.2. The minimum absolute atomic E-state index is 0.0308. The SMILES string of the molecule is CCCN(CCC)C(=O)c1cc(NC(=O)c2ccccc2C)cnc1N1CCNCC1. The lowest BCUT2D eigenvalue weighted by Crippen LogP contribution is -2.45. The van der Waals surface area contributed by atoms with Gasteiger partial charge in [-0.05, 0) is 37.5 Å². The predicted octanol–water partition coefficient (Wildman–Crippen LogP) is 3.31. The van der Waals surface area contributed by atoms with Gasteiger partial charge in [-0.3, -0.25) is 9.59 Å². The van der Waals surface area contributed by atoms with E-state index < -0.39 is 0 Å². The van der Waals surface area contributed by atoms with Gasteiger partial charge in [0.05, 0.1) is 17.4 Å². The van der Waals surface area contributed by atoms with Gasteiger partial charge in [0.2, 0.25) is 0 Å². The number of carbonyl (C=O) groups excluding carboxylic acids is 2. The van der Waals surface area contributed by atoms with E-state index >= 15 is 0 Å². The fourth-order valence-electron chi connectivity index (χ4n) is 3.86. The number of hydrogen-bond donors (Lipinski definition) is 2. The summed E-state index contributed by atoms with van der Waals surface area (Å²) in [6.07, 6.45) is 3.44. The monoisotopic (exact) mass is 423 g/mol. The molecular formula is C24H33N5O2. The van der Waals surface area contributed by atoms with Gasteiger partial charge in [-0.2, -0.15) is 0 Å². The van der Waals surface area contributed by atoms with Crippen molar-refractivity contribution in [1.29, 1.82) is 0 Å². The summed E-state index contributed by atoms with van der Waals surface area (Å²) in [5.74, 6) is 0.460. The van der Waals surface area contributed by atoms with Crippen LogP contribution < -0.4 is 15.5 Å². The molecular weight excluding hydrogens is 390 g/mol. The molecule has 0 spiro atoms. The summed E-state index contributed by atoms with van der Waals surface area (Å²) in [6.45, 7) is 10.8. The van der Waals surface area contributed by atoms with Crippen molar-refractivity contribution >= 4 is 23.3 Å². The highest BCUT2D eigenvalue weighted by Crippen LogP contribution is 2.24. The number of carbonyl (C=O) groups is 2. The van der Waals surface area contributed by atoms with Gasteiger partial charge in [-0.25, -0.2) is 4.98 Å². The molecule has 1 aliphatic rings. The largest absolute Gasteiger partial charge is 0.353 e. The first-order chi connectivity index (χ1) is 15.0. The minimum Gasteiger partial charge on any atom is -0.353 e. The molecule has 0 unspecified atom stereocenters. The van der Waals surface area contributed by atoms with Crippen LogP contribution in [0.3, 0.4) is 0 Å². The van der Waals surface area contributed by atoms with Crippen molar-refractivity contribution < 1.29 is 9.59 Å². The van der Waals surface area contributed by atoms with Crippen molar-refractivity contribution in [2.75, 3.05) is 49.5 Å². The lowest BCUT2D eigenvalue weighted by molar-refractivity contribution is 0.0755. The Bertz CT molecular complexity index is 903. The standard InChI is InChI=1S/C24H33N5O2/c1-4-12-29(13-5-2)24(31)21-16-19(17-26-22(21)28-14-10-25-11-15-28)27-23(30)20-9-7-6-8-18(20)3/h6-9,16-17,25H,4-5,10-15H2,1-3H3,(H,27,30). The molecule has 2 heterocycles. The fraction of sp³-hybridized carbons (Fsp3) is 0.458. The van der Waals surface area contributed by atoms with Gasteiger partial charge in [0, 0.05) is 44.8 Å². The first-order valence-corrected chi connectivity index (χ1v) is 11.2. The van der Waals surface area contributed by atoms with Gasteiger partial charge in [0.15, 0.2) is 0 Å². The van der Waals surface area contributed by atoms with Crippen molar-refractivity contribution in [2.45, 2.75) is 33.6 Å². The zero-order chi connectivity index (χ0) is 22.2. The van der Waals surface area contributed by atoms with E-state index in [0.717, 1.165) is 44.6 Å². The summed E-state index contributed by atoms with van der Waals surface area (Å²) in [7, 11) is 0. The Kier molecular flexibility index (Phi) is 8.00. The minimum atomic E-state index is -0.202. The molecule has 1 aromatic heterocycles. The number of anilines is 2. The average Bonchev–Trinajstić information content (AvgIpc) is 2.79. The van der Waals surface area contributed by atoms with Gasteiger partial charge in [0.25, 0.3) is 11.8 Å². The van der Waals surface area contributed by atoms with E-state index in [4.69, 9.17) is 0 Å². The third kappa shape index (κ3) is 5.61. The molecule has 3 rings (SSSR count). The molecule has 2 amide bonds. The van der Waals surface area contributed by atoms with E-state index in [1.807, 2.05) is 30.0 Å². The van der Waals surface area contributed by atoms with Crippen LogP contribution in [0, 0.1) is 6.92 Å². The number of nitrogens with one attached hydrogen (secondary N) is 2. The van der Waals surface area contributed by atoms with Crippen molar-refractivity contribution in [1.82, 2.24) is 15.2 Å². The number of rotatable bonds is 8. The molecule has 31 heavy (non-hydrogen) atoms. The van der Waals surface area contributed by atoms with E-state index in [1.165, 1.54) is 0 Å². The molecule has 2 N–H and O–H groups in total. The van der Waals surface area contributed by atoms with Crippen LogP contribution >= 0.6 is 0 Å². The molecule has 1 aliphatic heterocycles. The first kappa shape index (κ1) is 22.7. The molecule has 1 fully saturated rings. The highest BCUT2D eigenvalue weighted by molar-refractivity contribution is 6.06. The second-order valence-corrected chi connectivity index (χ2v) is 7.89. The number of aryl methyl sites for hydroxylation is 1. The smallest absolute Gasteiger partial charge is 0.257 e. The van der Waals surface area contributed by atoms with E-state index in [9.17, 15) is 9.59 Å². The van der Waals surface area contributed by atoms with Crippen molar-refractivity contribution in [2.24, 2.45) is 0 Å². The Balaban J connectivity index is 1.93. The third-order valence-electron chi connectivity index (χ3n) is 5.44. The maximum Gasteiger partial charge on any atom is 0.257 e. The molecule has 0 saturated carbocycles. The van der Waals surface area contributed by atoms with Crippen LogP contribution in [0.15, 0.2) is 36.5 Å². The zero-order valence-electron chi connectivity index (χ0n) is 18.8. The van der Waals surface area contributed by atoms with Crippen LogP contribution in [-0.4, -0.2) is 61.0 Å². The molecule has 7 heteroatoms. The fourth-order valence-corrected chi connectivity index (χ4v) is 3.86. The van der Waals surface area contributed by atoms with Gasteiger partial charge in [-0.1, -0.05) is 32.0 Å². The lowest BCUT2D eigenvalue weighted by atomic mass is 10.1. The van der Waals surface area contributed by atoms with Crippen LogP contribution in [0.1, 0.15) is 53.0 Å². The van der Waals surface area contributed by atoms with Crippen LogP contribution in [0.5, 0.6) is 0 Å². The van der Waals surface area contributed by atoms with Gasteiger partial charge >= 0.3 is 0 Å². The Labute approximate surface area is 184 Å². The van der Waals surface area contributed by atoms with Crippen molar-refractivity contribution in [3.05, 3.63) is 53.2 Å². The molecule has 0 radical (unpaired) electrons. The van der Waals surface area contributed by atoms with Crippen LogP contribution in [-0.2, 0) is 0 Å². The van der Waals surface area contributed by atoms with Crippen molar-refractivity contribution in [3.8, 4) is 0 Å². The Morgan fingerprint density at radius 1 is 1.10 bits per heavy atom. The number of aromatic nitrogens is 1. The summed E-state index contributed by atoms with van der Waals surface area (Å²) >= 11 is 0. The predicted molar refractivity (Wildman–Crippen MR) is 125 cm³/mol. The van der Waals surface area contributed by atoms with Gasteiger partial charge in [-0.15, -0.1) is 0 Å². The maximum absolute atomic E-state index is 13.5. The summed E-state index contributed by atoms with van der Waals surface area (Å²) in [5.41, 5.74) is 2.59. The lowest BCUT2D eigenvalue weighted by Gasteiger charge is -2.31. The number of hydrogen-bond acceptors (Lipinski definition) is 5. The molecule has 1 aromatic carbocycles.